The van der Waals surface area contributed by atoms with E-state index in [1.807, 2.05) is 0 Å². The number of carbonyl (C=O) groups is 2. The fourth-order valence-electron chi connectivity index (χ4n) is 1.99. The highest BCUT2D eigenvalue weighted by molar-refractivity contribution is 5.87. The summed E-state index contributed by atoms with van der Waals surface area (Å²) in [5, 5.41) is 11.6. The molecule has 0 aliphatic carbocycles. The zero-order valence-electron chi connectivity index (χ0n) is 11.2. The van der Waals surface area contributed by atoms with Crippen LogP contribution in [0, 0.1) is 0 Å². The van der Waals surface area contributed by atoms with Gasteiger partial charge in [-0.2, -0.15) is 0 Å². The molecule has 1 saturated heterocycles. The normalized spacial score (nSPS) is 17.8. The fraction of sp³-hybridized carbons (Fsp3) is 0.462. The van der Waals surface area contributed by atoms with E-state index in [0.717, 1.165) is 6.42 Å². The standard InChI is InChI=1S/C13H17N3O4/c1-16(11-3-5-20-8-11)13(19)15-7-10-6-9(12(17)18)2-4-14-10/h2,4,6,11H,3,5,7-8H2,1H3,(H,15,19)(H,17,18). The first-order valence-corrected chi connectivity index (χ1v) is 6.34. The van der Waals surface area contributed by atoms with E-state index >= 15 is 0 Å². The highest BCUT2D eigenvalue weighted by Crippen LogP contribution is 2.10. The van der Waals surface area contributed by atoms with Gasteiger partial charge in [-0.05, 0) is 18.6 Å². The second kappa shape index (κ2) is 6.33. The zero-order chi connectivity index (χ0) is 14.5. The Kier molecular flexibility index (Phi) is 4.52. The summed E-state index contributed by atoms with van der Waals surface area (Å²) in [6.45, 7) is 1.42. The third-order valence-electron chi connectivity index (χ3n) is 3.26. The minimum absolute atomic E-state index is 0.0910. The van der Waals surface area contributed by atoms with Crippen molar-refractivity contribution in [1.29, 1.82) is 0 Å². The number of ether oxygens (including phenoxy) is 1. The Morgan fingerprint density at radius 3 is 3.05 bits per heavy atom. The molecule has 1 aromatic heterocycles. The van der Waals surface area contributed by atoms with E-state index in [-0.39, 0.29) is 24.2 Å². The van der Waals surface area contributed by atoms with E-state index in [2.05, 4.69) is 10.3 Å². The van der Waals surface area contributed by atoms with Crippen LogP contribution >= 0.6 is 0 Å². The van der Waals surface area contributed by atoms with Gasteiger partial charge in [-0.25, -0.2) is 9.59 Å². The molecule has 1 fully saturated rings. The van der Waals surface area contributed by atoms with Gasteiger partial charge in [0.15, 0.2) is 0 Å². The first kappa shape index (κ1) is 14.3. The number of nitrogens with zero attached hydrogens (tertiary/aromatic N) is 2. The third-order valence-corrected chi connectivity index (χ3v) is 3.26. The minimum atomic E-state index is -1.01. The first-order chi connectivity index (χ1) is 9.58. The van der Waals surface area contributed by atoms with Gasteiger partial charge in [0, 0.05) is 19.9 Å². The highest BCUT2D eigenvalue weighted by atomic mass is 16.5. The molecule has 0 bridgehead atoms. The summed E-state index contributed by atoms with van der Waals surface area (Å²) >= 11 is 0. The van der Waals surface area contributed by atoms with Crippen LogP contribution < -0.4 is 5.32 Å². The van der Waals surface area contributed by atoms with Gasteiger partial charge in [0.1, 0.15) is 0 Å². The van der Waals surface area contributed by atoms with Crippen LogP contribution in [0.3, 0.4) is 0 Å². The van der Waals surface area contributed by atoms with Crippen LogP contribution in [0.5, 0.6) is 0 Å². The van der Waals surface area contributed by atoms with E-state index < -0.39 is 5.97 Å². The second-order valence-electron chi connectivity index (χ2n) is 4.63. The third kappa shape index (κ3) is 3.45. The maximum atomic E-state index is 11.9. The summed E-state index contributed by atoms with van der Waals surface area (Å²) in [5.74, 6) is -1.01. The summed E-state index contributed by atoms with van der Waals surface area (Å²) in [7, 11) is 1.72. The number of hydrogen-bond acceptors (Lipinski definition) is 4. The summed E-state index contributed by atoms with van der Waals surface area (Å²) < 4.78 is 5.23. The Labute approximate surface area is 116 Å². The number of carboxylic acid groups (broad SMARTS) is 1. The Bertz CT molecular complexity index is 500. The molecule has 7 heteroatoms. The number of urea groups is 1. The average molecular weight is 279 g/mol. The first-order valence-electron chi connectivity index (χ1n) is 6.34. The summed E-state index contributed by atoms with van der Waals surface area (Å²) in [6, 6.07) is 2.73. The molecule has 0 aromatic carbocycles. The van der Waals surface area contributed by atoms with Crippen molar-refractivity contribution < 1.29 is 19.4 Å². The molecule has 2 N–H and O–H groups in total. The lowest BCUT2D eigenvalue weighted by atomic mass is 10.2. The molecule has 1 aliphatic rings. The lowest BCUT2D eigenvalue weighted by Gasteiger charge is -2.23. The van der Waals surface area contributed by atoms with Crippen LogP contribution in [0.2, 0.25) is 0 Å². The maximum Gasteiger partial charge on any atom is 0.335 e. The highest BCUT2D eigenvalue weighted by Gasteiger charge is 2.23. The molecule has 2 heterocycles. The molecular formula is C13H17N3O4. The molecule has 20 heavy (non-hydrogen) atoms. The second-order valence-corrected chi connectivity index (χ2v) is 4.63. The monoisotopic (exact) mass is 279 g/mol. The summed E-state index contributed by atoms with van der Waals surface area (Å²) in [4.78, 5) is 28.4. The number of nitrogens with one attached hydrogen (secondary N) is 1. The fourth-order valence-corrected chi connectivity index (χ4v) is 1.99. The molecule has 0 spiro atoms. The number of aromatic carboxylic acids is 1. The molecular weight excluding hydrogens is 262 g/mol. The van der Waals surface area contributed by atoms with Crippen molar-refractivity contribution in [1.82, 2.24) is 15.2 Å². The Balaban J connectivity index is 1.89. The van der Waals surface area contributed by atoms with Crippen LogP contribution in [-0.2, 0) is 11.3 Å². The number of carboxylic acids is 1. The van der Waals surface area contributed by atoms with Gasteiger partial charge in [0.05, 0.1) is 30.5 Å². The molecule has 1 unspecified atom stereocenters. The molecule has 1 aliphatic heterocycles. The topological polar surface area (TPSA) is 91.8 Å². The van der Waals surface area contributed by atoms with Crippen molar-refractivity contribution in [3.8, 4) is 0 Å². The van der Waals surface area contributed by atoms with Gasteiger partial charge in [-0.1, -0.05) is 0 Å². The van der Waals surface area contributed by atoms with Crippen molar-refractivity contribution in [3.05, 3.63) is 29.6 Å². The van der Waals surface area contributed by atoms with E-state index in [0.29, 0.717) is 18.9 Å². The number of likely N-dealkylation sites (N-methyl/N-ethyl adjacent to an activating group) is 1. The van der Waals surface area contributed by atoms with Crippen molar-refractivity contribution in [2.75, 3.05) is 20.3 Å². The number of amides is 2. The Morgan fingerprint density at radius 1 is 1.60 bits per heavy atom. The van der Waals surface area contributed by atoms with E-state index in [1.165, 1.54) is 18.3 Å². The van der Waals surface area contributed by atoms with Gasteiger partial charge >= 0.3 is 12.0 Å². The van der Waals surface area contributed by atoms with Gasteiger partial charge in [-0.15, -0.1) is 0 Å². The summed E-state index contributed by atoms with van der Waals surface area (Å²) in [6.07, 6.45) is 2.25. The minimum Gasteiger partial charge on any atom is -0.478 e. The van der Waals surface area contributed by atoms with E-state index in [9.17, 15) is 9.59 Å². The molecule has 7 nitrogen and oxygen atoms in total. The molecule has 108 valence electrons. The number of hydrogen-bond donors (Lipinski definition) is 2. The van der Waals surface area contributed by atoms with Crippen molar-refractivity contribution in [2.45, 2.75) is 19.0 Å². The van der Waals surface area contributed by atoms with Crippen LogP contribution in [0.1, 0.15) is 22.5 Å². The number of pyridine rings is 1. The van der Waals surface area contributed by atoms with Gasteiger partial charge in [-0.3, -0.25) is 4.98 Å². The summed E-state index contributed by atoms with van der Waals surface area (Å²) in [5.41, 5.74) is 0.663. The Hall–Kier alpha value is -2.15. The molecule has 2 amide bonds. The SMILES string of the molecule is CN(C(=O)NCc1cc(C(=O)O)ccn1)C1CCOC1. The van der Waals surface area contributed by atoms with Crippen molar-refractivity contribution in [3.63, 3.8) is 0 Å². The maximum absolute atomic E-state index is 11.9. The predicted octanol–water partition coefficient (Wildman–Crippen LogP) is 0.710. The van der Waals surface area contributed by atoms with Crippen LogP contribution in [0.25, 0.3) is 0 Å². The smallest absolute Gasteiger partial charge is 0.335 e. The van der Waals surface area contributed by atoms with Gasteiger partial charge in [0.2, 0.25) is 0 Å². The van der Waals surface area contributed by atoms with Gasteiger partial charge in [0.25, 0.3) is 0 Å². The van der Waals surface area contributed by atoms with Crippen LogP contribution in [0.4, 0.5) is 4.79 Å². The quantitative estimate of drug-likeness (QED) is 0.847. The molecule has 1 aromatic rings. The zero-order valence-corrected chi connectivity index (χ0v) is 11.2. The van der Waals surface area contributed by atoms with Crippen LogP contribution in [-0.4, -0.2) is 53.3 Å². The van der Waals surface area contributed by atoms with Crippen LogP contribution in [0.15, 0.2) is 18.3 Å². The van der Waals surface area contributed by atoms with Gasteiger partial charge < -0.3 is 20.1 Å². The largest absolute Gasteiger partial charge is 0.478 e. The number of rotatable bonds is 4. The van der Waals surface area contributed by atoms with E-state index in [4.69, 9.17) is 9.84 Å². The number of carbonyl (C=O) groups excluding carboxylic acids is 1. The van der Waals surface area contributed by atoms with Crippen molar-refractivity contribution >= 4 is 12.0 Å². The molecule has 2 rings (SSSR count). The van der Waals surface area contributed by atoms with Crippen molar-refractivity contribution in [2.24, 2.45) is 0 Å². The predicted molar refractivity (Wildman–Crippen MR) is 70.4 cm³/mol. The lowest BCUT2D eigenvalue weighted by molar-refractivity contribution is 0.0696. The lowest BCUT2D eigenvalue weighted by Crippen LogP contribution is -2.43. The number of aromatic nitrogens is 1. The van der Waals surface area contributed by atoms with E-state index in [1.54, 1.807) is 11.9 Å². The molecule has 0 radical (unpaired) electrons. The average Bonchev–Trinajstić information content (AvgIpc) is 2.98. The molecule has 1 atom stereocenters. The Morgan fingerprint density at radius 2 is 2.40 bits per heavy atom. The molecule has 0 saturated carbocycles.